The van der Waals surface area contributed by atoms with Gasteiger partial charge in [-0.15, -0.1) is 11.3 Å². The standard InChI is InChI=1S/C26H28BrFN2O2S/c1-18-8-13-23(33-18)16-29(15-19-9-11-22(28)12-10-19)24(31)17-30(26(2,3)4)25(32)20-6-5-7-21(27)14-20/h5-14H,15-17H2,1-4H3. The van der Waals surface area contributed by atoms with E-state index in [-0.39, 0.29) is 24.2 Å². The molecule has 0 aliphatic heterocycles. The van der Waals surface area contributed by atoms with Crippen LogP contribution in [0.15, 0.2) is 65.1 Å². The molecule has 7 heteroatoms. The monoisotopic (exact) mass is 530 g/mol. The Kier molecular flexibility index (Phi) is 8.08. The van der Waals surface area contributed by atoms with Gasteiger partial charge in [0.2, 0.25) is 5.91 Å². The van der Waals surface area contributed by atoms with E-state index in [1.54, 1.807) is 51.5 Å². The number of hydrogen-bond donors (Lipinski definition) is 0. The summed E-state index contributed by atoms with van der Waals surface area (Å²) in [7, 11) is 0. The molecular formula is C26H28BrFN2O2S. The Labute approximate surface area is 207 Å². The molecular weight excluding hydrogens is 503 g/mol. The van der Waals surface area contributed by atoms with E-state index >= 15 is 0 Å². The lowest BCUT2D eigenvalue weighted by Gasteiger charge is -2.37. The average molecular weight is 531 g/mol. The normalized spacial score (nSPS) is 11.3. The number of nitrogens with zero attached hydrogens (tertiary/aromatic N) is 2. The average Bonchev–Trinajstić information content (AvgIpc) is 3.16. The Hall–Kier alpha value is -2.51. The predicted octanol–water partition coefficient (Wildman–Crippen LogP) is 6.43. The fourth-order valence-electron chi connectivity index (χ4n) is 3.43. The van der Waals surface area contributed by atoms with Gasteiger partial charge in [0.15, 0.2) is 0 Å². The molecule has 0 fully saturated rings. The predicted molar refractivity (Wildman–Crippen MR) is 135 cm³/mol. The number of halogens is 2. The molecule has 1 aromatic heterocycles. The van der Waals surface area contributed by atoms with Crippen molar-refractivity contribution in [3.05, 3.63) is 91.8 Å². The van der Waals surface area contributed by atoms with Crippen LogP contribution in [-0.2, 0) is 17.9 Å². The van der Waals surface area contributed by atoms with E-state index in [9.17, 15) is 14.0 Å². The van der Waals surface area contributed by atoms with E-state index in [1.165, 1.54) is 17.0 Å². The molecule has 0 bridgehead atoms. The second-order valence-corrected chi connectivity index (χ2v) is 11.2. The first-order valence-electron chi connectivity index (χ1n) is 10.7. The van der Waals surface area contributed by atoms with Gasteiger partial charge < -0.3 is 9.80 Å². The van der Waals surface area contributed by atoms with Crippen LogP contribution in [0.3, 0.4) is 0 Å². The lowest BCUT2D eigenvalue weighted by Crippen LogP contribution is -2.51. The Morgan fingerprint density at radius 2 is 1.70 bits per heavy atom. The highest BCUT2D eigenvalue weighted by atomic mass is 79.9. The molecule has 0 radical (unpaired) electrons. The first-order valence-corrected chi connectivity index (χ1v) is 12.3. The summed E-state index contributed by atoms with van der Waals surface area (Å²) in [5.41, 5.74) is 0.792. The van der Waals surface area contributed by atoms with Crippen LogP contribution in [0.4, 0.5) is 4.39 Å². The molecule has 0 aliphatic rings. The van der Waals surface area contributed by atoms with Crippen LogP contribution in [0.25, 0.3) is 0 Å². The number of carbonyl (C=O) groups excluding carboxylic acids is 2. The SMILES string of the molecule is Cc1ccc(CN(Cc2ccc(F)cc2)C(=O)CN(C(=O)c2cccc(Br)c2)C(C)(C)C)s1. The van der Waals surface area contributed by atoms with Crippen molar-refractivity contribution in [1.29, 1.82) is 0 Å². The van der Waals surface area contributed by atoms with E-state index in [0.29, 0.717) is 18.7 Å². The summed E-state index contributed by atoms with van der Waals surface area (Å²) in [5, 5.41) is 0. The Morgan fingerprint density at radius 1 is 1.00 bits per heavy atom. The van der Waals surface area contributed by atoms with Crippen molar-refractivity contribution >= 4 is 39.1 Å². The molecule has 0 atom stereocenters. The van der Waals surface area contributed by atoms with Crippen LogP contribution < -0.4 is 0 Å². The largest absolute Gasteiger partial charge is 0.332 e. The van der Waals surface area contributed by atoms with Gasteiger partial charge in [0, 0.05) is 31.9 Å². The van der Waals surface area contributed by atoms with Crippen LogP contribution >= 0.6 is 27.3 Å². The van der Waals surface area contributed by atoms with Gasteiger partial charge in [-0.3, -0.25) is 9.59 Å². The summed E-state index contributed by atoms with van der Waals surface area (Å²) < 4.78 is 14.2. The summed E-state index contributed by atoms with van der Waals surface area (Å²) in [5.74, 6) is -0.682. The quantitative estimate of drug-likeness (QED) is 0.353. The van der Waals surface area contributed by atoms with Crippen LogP contribution in [0.2, 0.25) is 0 Å². The molecule has 3 rings (SSSR count). The topological polar surface area (TPSA) is 40.6 Å². The third-order valence-electron chi connectivity index (χ3n) is 5.20. The Balaban J connectivity index is 1.86. The number of thiophene rings is 1. The zero-order valence-electron chi connectivity index (χ0n) is 19.3. The summed E-state index contributed by atoms with van der Waals surface area (Å²) in [6.07, 6.45) is 0. The van der Waals surface area contributed by atoms with Gasteiger partial charge in [-0.2, -0.15) is 0 Å². The lowest BCUT2D eigenvalue weighted by atomic mass is 10.0. The van der Waals surface area contributed by atoms with Crippen molar-refractivity contribution in [1.82, 2.24) is 9.80 Å². The van der Waals surface area contributed by atoms with Gasteiger partial charge in [0.05, 0.1) is 6.54 Å². The number of aryl methyl sites for hydroxylation is 1. The molecule has 0 spiro atoms. The maximum Gasteiger partial charge on any atom is 0.254 e. The Morgan fingerprint density at radius 3 is 2.27 bits per heavy atom. The highest BCUT2D eigenvalue weighted by Crippen LogP contribution is 2.22. The molecule has 0 saturated carbocycles. The van der Waals surface area contributed by atoms with Crippen LogP contribution in [0, 0.1) is 12.7 Å². The minimum atomic E-state index is -0.559. The molecule has 2 amide bonds. The highest BCUT2D eigenvalue weighted by molar-refractivity contribution is 9.10. The smallest absolute Gasteiger partial charge is 0.254 e. The minimum Gasteiger partial charge on any atom is -0.332 e. The number of rotatable bonds is 7. The highest BCUT2D eigenvalue weighted by Gasteiger charge is 2.31. The Bertz CT molecular complexity index is 1120. The zero-order chi connectivity index (χ0) is 24.2. The third-order valence-corrected chi connectivity index (χ3v) is 6.68. The molecule has 0 unspecified atom stereocenters. The van der Waals surface area contributed by atoms with Crippen LogP contribution in [0.1, 0.15) is 46.4 Å². The first-order chi connectivity index (χ1) is 15.5. The first kappa shape index (κ1) is 25.1. The molecule has 33 heavy (non-hydrogen) atoms. The van der Waals surface area contributed by atoms with Crippen molar-refractivity contribution in [2.24, 2.45) is 0 Å². The maximum atomic E-state index is 13.5. The van der Waals surface area contributed by atoms with Crippen molar-refractivity contribution < 1.29 is 14.0 Å². The summed E-state index contributed by atoms with van der Waals surface area (Å²) >= 11 is 5.05. The molecule has 0 aliphatic carbocycles. The summed E-state index contributed by atoms with van der Waals surface area (Å²) in [6.45, 7) is 8.49. The summed E-state index contributed by atoms with van der Waals surface area (Å²) in [6, 6.07) is 17.4. The molecule has 3 aromatic rings. The maximum absolute atomic E-state index is 13.5. The van der Waals surface area contributed by atoms with Crippen LogP contribution in [0.5, 0.6) is 0 Å². The molecule has 0 saturated heterocycles. The molecule has 1 heterocycles. The molecule has 4 nitrogen and oxygen atoms in total. The van der Waals surface area contributed by atoms with E-state index in [2.05, 4.69) is 15.9 Å². The van der Waals surface area contributed by atoms with Gasteiger partial charge in [-0.05, 0) is 75.7 Å². The fourth-order valence-corrected chi connectivity index (χ4v) is 4.73. The molecule has 0 N–H and O–H groups in total. The van der Waals surface area contributed by atoms with E-state index in [1.807, 2.05) is 45.9 Å². The van der Waals surface area contributed by atoms with Gasteiger partial charge in [0.1, 0.15) is 12.4 Å². The minimum absolute atomic E-state index is 0.0552. The molecule has 2 aromatic carbocycles. The third kappa shape index (κ3) is 6.98. The number of amides is 2. The number of hydrogen-bond acceptors (Lipinski definition) is 3. The van der Waals surface area contributed by atoms with Crippen molar-refractivity contribution in [2.45, 2.75) is 46.3 Å². The summed E-state index contributed by atoms with van der Waals surface area (Å²) in [4.78, 5) is 32.5. The van der Waals surface area contributed by atoms with Crippen LogP contribution in [-0.4, -0.2) is 33.7 Å². The van der Waals surface area contributed by atoms with Gasteiger partial charge in [0.25, 0.3) is 5.91 Å². The zero-order valence-corrected chi connectivity index (χ0v) is 21.7. The van der Waals surface area contributed by atoms with Crippen molar-refractivity contribution in [3.63, 3.8) is 0 Å². The second kappa shape index (κ2) is 10.6. The van der Waals surface area contributed by atoms with E-state index < -0.39 is 5.54 Å². The molecule has 174 valence electrons. The van der Waals surface area contributed by atoms with Gasteiger partial charge in [-0.1, -0.05) is 34.1 Å². The van der Waals surface area contributed by atoms with Crippen molar-refractivity contribution in [2.75, 3.05) is 6.54 Å². The number of carbonyl (C=O) groups is 2. The lowest BCUT2D eigenvalue weighted by molar-refractivity contribution is -0.134. The second-order valence-electron chi connectivity index (χ2n) is 8.96. The fraction of sp³-hybridized carbons (Fsp3) is 0.308. The van der Waals surface area contributed by atoms with E-state index in [4.69, 9.17) is 0 Å². The van der Waals surface area contributed by atoms with Crippen molar-refractivity contribution in [3.8, 4) is 0 Å². The van der Waals surface area contributed by atoms with Gasteiger partial charge >= 0.3 is 0 Å². The van der Waals surface area contributed by atoms with E-state index in [0.717, 1.165) is 14.9 Å². The number of benzene rings is 2. The van der Waals surface area contributed by atoms with Gasteiger partial charge in [-0.25, -0.2) is 4.39 Å².